The third-order valence-corrected chi connectivity index (χ3v) is 4.32. The van der Waals surface area contributed by atoms with Crippen LogP contribution in [0.4, 0.5) is 0 Å². The van der Waals surface area contributed by atoms with Crippen molar-refractivity contribution in [3.8, 4) is 0 Å². The number of esters is 1. The molecule has 5 heteroatoms. The van der Waals surface area contributed by atoms with Crippen LogP contribution in [0, 0.1) is 5.92 Å². The molecule has 1 saturated heterocycles. The Morgan fingerprint density at radius 3 is 2.79 bits per heavy atom. The Balaban J connectivity index is 2.12. The van der Waals surface area contributed by atoms with E-state index in [2.05, 4.69) is 0 Å². The molecule has 1 heterocycles. The van der Waals surface area contributed by atoms with Gasteiger partial charge in [-0.1, -0.05) is 12.8 Å². The fourth-order valence-electron chi connectivity index (χ4n) is 3.37. The molecule has 1 aliphatic heterocycles. The van der Waals surface area contributed by atoms with Gasteiger partial charge in [0.1, 0.15) is 6.54 Å². The third-order valence-electron chi connectivity index (χ3n) is 4.32. The number of hydrogen-bond acceptors (Lipinski definition) is 4. The number of hydrogen-bond donors (Lipinski definition) is 1. The molecule has 2 rings (SSSR count). The van der Waals surface area contributed by atoms with Gasteiger partial charge in [-0.2, -0.15) is 0 Å². The summed E-state index contributed by atoms with van der Waals surface area (Å²) < 4.78 is 4.98. The first-order valence-electron chi connectivity index (χ1n) is 7.35. The van der Waals surface area contributed by atoms with Crippen molar-refractivity contribution in [3.63, 3.8) is 0 Å². The van der Waals surface area contributed by atoms with E-state index in [1.165, 1.54) is 6.42 Å². The van der Waals surface area contributed by atoms with E-state index in [1.54, 1.807) is 11.8 Å². The van der Waals surface area contributed by atoms with Crippen molar-refractivity contribution >= 4 is 11.9 Å². The van der Waals surface area contributed by atoms with Crippen molar-refractivity contribution < 1.29 is 14.3 Å². The lowest BCUT2D eigenvalue weighted by Crippen LogP contribution is -2.51. The molecule has 2 fully saturated rings. The number of nitrogens with two attached hydrogens (primary N) is 1. The summed E-state index contributed by atoms with van der Waals surface area (Å²) in [5, 5.41) is 0. The summed E-state index contributed by atoms with van der Waals surface area (Å²) in [6, 6.07) is -0.278. The van der Waals surface area contributed by atoms with E-state index in [4.69, 9.17) is 10.5 Å². The number of ether oxygens (including phenoxy) is 1. The van der Waals surface area contributed by atoms with Crippen molar-refractivity contribution in [1.82, 2.24) is 4.90 Å². The number of amides is 1. The van der Waals surface area contributed by atoms with E-state index in [9.17, 15) is 9.59 Å². The summed E-state index contributed by atoms with van der Waals surface area (Å²) >= 11 is 0. The number of fused-ring (bicyclic) bond motifs is 1. The summed E-state index contributed by atoms with van der Waals surface area (Å²) in [5.41, 5.74) is 5.93. The third kappa shape index (κ3) is 3.26. The van der Waals surface area contributed by atoms with Gasteiger partial charge in [-0.05, 0) is 38.5 Å². The zero-order chi connectivity index (χ0) is 13.8. The highest BCUT2D eigenvalue weighted by molar-refractivity contribution is 5.86. The Kier molecular flexibility index (Phi) is 4.80. The van der Waals surface area contributed by atoms with E-state index in [0.717, 1.165) is 32.1 Å². The van der Waals surface area contributed by atoms with Gasteiger partial charge in [0.05, 0.1) is 12.6 Å². The first-order valence-corrected chi connectivity index (χ1v) is 7.35. The highest BCUT2D eigenvalue weighted by atomic mass is 16.5. The Hall–Kier alpha value is -1.10. The Morgan fingerprint density at radius 2 is 2.05 bits per heavy atom. The van der Waals surface area contributed by atoms with E-state index in [-0.39, 0.29) is 24.5 Å². The topological polar surface area (TPSA) is 72.6 Å². The van der Waals surface area contributed by atoms with Crippen molar-refractivity contribution in [2.24, 2.45) is 11.7 Å². The number of carbonyl (C=O) groups excluding carboxylic acids is 2. The molecular formula is C14H24N2O3. The SMILES string of the molecule is CCOC(=O)CN1C(=O)[C@@H](N)CCC2CCCCC21. The van der Waals surface area contributed by atoms with Crippen molar-refractivity contribution in [3.05, 3.63) is 0 Å². The maximum atomic E-state index is 12.3. The first-order chi connectivity index (χ1) is 9.13. The summed E-state index contributed by atoms with van der Waals surface area (Å²) in [5.74, 6) is 0.0948. The van der Waals surface area contributed by atoms with Crippen LogP contribution >= 0.6 is 0 Å². The number of nitrogens with zero attached hydrogens (tertiary/aromatic N) is 1. The number of rotatable bonds is 3. The molecule has 2 N–H and O–H groups in total. The number of likely N-dealkylation sites (tertiary alicyclic amines) is 1. The minimum Gasteiger partial charge on any atom is -0.465 e. The van der Waals surface area contributed by atoms with E-state index in [0.29, 0.717) is 12.5 Å². The van der Waals surface area contributed by atoms with Gasteiger partial charge in [0.25, 0.3) is 0 Å². The van der Waals surface area contributed by atoms with Crippen molar-refractivity contribution in [1.29, 1.82) is 0 Å². The fraction of sp³-hybridized carbons (Fsp3) is 0.857. The second kappa shape index (κ2) is 6.37. The monoisotopic (exact) mass is 268 g/mol. The van der Waals surface area contributed by atoms with Crippen LogP contribution in [-0.2, 0) is 14.3 Å². The lowest BCUT2D eigenvalue weighted by Gasteiger charge is -2.37. The van der Waals surface area contributed by atoms with E-state index < -0.39 is 6.04 Å². The van der Waals surface area contributed by atoms with Gasteiger partial charge in [-0.3, -0.25) is 9.59 Å². The Bertz CT molecular complexity index is 346. The maximum Gasteiger partial charge on any atom is 0.325 e. The van der Waals surface area contributed by atoms with Crippen molar-refractivity contribution in [2.45, 2.75) is 57.5 Å². The predicted octanol–water partition coefficient (Wildman–Crippen LogP) is 1.06. The molecule has 0 aromatic carbocycles. The quantitative estimate of drug-likeness (QED) is 0.777. The van der Waals surface area contributed by atoms with E-state index in [1.807, 2.05) is 0 Å². The highest BCUT2D eigenvalue weighted by Crippen LogP contribution is 2.34. The summed E-state index contributed by atoms with van der Waals surface area (Å²) in [4.78, 5) is 25.7. The lowest BCUT2D eigenvalue weighted by molar-refractivity contribution is -0.151. The molecule has 2 aliphatic rings. The molecule has 2 unspecified atom stereocenters. The molecule has 0 bridgehead atoms. The smallest absolute Gasteiger partial charge is 0.325 e. The zero-order valence-electron chi connectivity index (χ0n) is 11.6. The molecule has 0 aromatic heterocycles. The van der Waals surface area contributed by atoms with Crippen LogP contribution in [0.5, 0.6) is 0 Å². The van der Waals surface area contributed by atoms with E-state index >= 15 is 0 Å². The molecule has 0 aromatic rings. The average Bonchev–Trinajstić information content (AvgIpc) is 2.52. The van der Waals surface area contributed by atoms with Crippen LogP contribution in [0.2, 0.25) is 0 Å². The molecule has 1 aliphatic carbocycles. The molecule has 1 saturated carbocycles. The minimum atomic E-state index is -0.458. The van der Waals surface area contributed by atoms with Crippen LogP contribution in [0.15, 0.2) is 0 Å². The minimum absolute atomic E-state index is 0.0571. The van der Waals surface area contributed by atoms with Crippen LogP contribution in [0.3, 0.4) is 0 Å². The standard InChI is InChI=1S/C14H24N2O3/c1-2-19-13(17)9-16-12-6-4-3-5-10(12)7-8-11(15)14(16)18/h10-12H,2-9,15H2,1H3/t10?,11-,12?/m0/s1. The van der Waals surface area contributed by atoms with Gasteiger partial charge in [-0.25, -0.2) is 0 Å². The highest BCUT2D eigenvalue weighted by Gasteiger charge is 2.38. The first kappa shape index (κ1) is 14.3. The summed E-state index contributed by atoms with van der Waals surface area (Å²) in [6.45, 7) is 2.18. The second-order valence-electron chi connectivity index (χ2n) is 5.57. The molecule has 0 spiro atoms. The molecule has 3 atom stereocenters. The van der Waals surface area contributed by atoms with Crippen LogP contribution in [-0.4, -0.2) is 42.0 Å². The van der Waals surface area contributed by atoms with Gasteiger partial charge in [0.2, 0.25) is 5.91 Å². The zero-order valence-corrected chi connectivity index (χ0v) is 11.6. The van der Waals surface area contributed by atoms with Crippen LogP contribution in [0.25, 0.3) is 0 Å². The average molecular weight is 268 g/mol. The predicted molar refractivity (Wildman–Crippen MR) is 71.3 cm³/mol. The normalized spacial score (nSPS) is 31.6. The Labute approximate surface area is 114 Å². The summed E-state index contributed by atoms with van der Waals surface area (Å²) in [7, 11) is 0. The van der Waals surface area contributed by atoms with Crippen LogP contribution in [0.1, 0.15) is 45.4 Å². The van der Waals surface area contributed by atoms with Gasteiger partial charge in [0, 0.05) is 6.04 Å². The van der Waals surface area contributed by atoms with Gasteiger partial charge in [0.15, 0.2) is 0 Å². The van der Waals surface area contributed by atoms with Gasteiger partial charge >= 0.3 is 5.97 Å². The molecule has 0 radical (unpaired) electrons. The molecular weight excluding hydrogens is 244 g/mol. The largest absolute Gasteiger partial charge is 0.465 e. The lowest BCUT2D eigenvalue weighted by atomic mass is 9.81. The molecule has 1 amide bonds. The molecule has 19 heavy (non-hydrogen) atoms. The van der Waals surface area contributed by atoms with Gasteiger partial charge < -0.3 is 15.4 Å². The Morgan fingerprint density at radius 1 is 1.32 bits per heavy atom. The molecule has 5 nitrogen and oxygen atoms in total. The van der Waals surface area contributed by atoms with Crippen molar-refractivity contribution in [2.75, 3.05) is 13.2 Å². The molecule has 108 valence electrons. The summed E-state index contributed by atoms with van der Waals surface area (Å²) in [6.07, 6.45) is 6.21. The van der Waals surface area contributed by atoms with Crippen LogP contribution < -0.4 is 5.73 Å². The second-order valence-corrected chi connectivity index (χ2v) is 5.57. The fourth-order valence-corrected chi connectivity index (χ4v) is 3.37. The van der Waals surface area contributed by atoms with Gasteiger partial charge in [-0.15, -0.1) is 0 Å². The number of carbonyl (C=O) groups is 2. The maximum absolute atomic E-state index is 12.3.